The predicted molar refractivity (Wildman–Crippen MR) is 54.8 cm³/mol. The molecule has 1 aliphatic heterocycles. The summed E-state index contributed by atoms with van der Waals surface area (Å²) in [7, 11) is 0. The van der Waals surface area contributed by atoms with Crippen LogP contribution in [0.15, 0.2) is 0 Å². The Bertz CT molecular complexity index is 124. The van der Waals surface area contributed by atoms with Gasteiger partial charge >= 0.3 is 0 Å². The molecule has 3 nitrogen and oxygen atoms in total. The molecule has 1 unspecified atom stereocenters. The fourth-order valence-corrected chi connectivity index (χ4v) is 1.90. The van der Waals surface area contributed by atoms with Crippen LogP contribution in [0, 0.1) is 5.92 Å². The van der Waals surface area contributed by atoms with Gasteiger partial charge in [0.2, 0.25) is 0 Å². The van der Waals surface area contributed by atoms with E-state index in [2.05, 4.69) is 17.1 Å². The van der Waals surface area contributed by atoms with Crippen molar-refractivity contribution in [2.45, 2.75) is 19.8 Å². The van der Waals surface area contributed by atoms with Gasteiger partial charge in [0.05, 0.1) is 6.61 Å². The van der Waals surface area contributed by atoms with Gasteiger partial charge in [-0.05, 0) is 38.4 Å². The molecule has 0 radical (unpaired) electrons. The number of hydrogen-bond donors (Lipinski definition) is 2. The zero-order valence-electron chi connectivity index (χ0n) is 8.63. The molecule has 3 heteroatoms. The molecule has 0 saturated carbocycles. The number of aliphatic hydroxyl groups excluding tert-OH is 1. The second-order valence-electron chi connectivity index (χ2n) is 4.04. The first-order chi connectivity index (χ1) is 6.33. The standard InChI is InChI=1S/C10H22N2O/c1-10(8-11-4-7-13)9-12-5-2-3-6-12/h10-11,13H,2-9H2,1H3. The van der Waals surface area contributed by atoms with E-state index in [4.69, 9.17) is 5.11 Å². The third kappa shape index (κ3) is 4.60. The molecule has 0 aromatic rings. The molecule has 13 heavy (non-hydrogen) atoms. The molecule has 1 aliphatic rings. The quantitative estimate of drug-likeness (QED) is 0.586. The molecule has 0 amide bonds. The summed E-state index contributed by atoms with van der Waals surface area (Å²) < 4.78 is 0. The van der Waals surface area contributed by atoms with Gasteiger partial charge in [0.15, 0.2) is 0 Å². The van der Waals surface area contributed by atoms with Crippen molar-refractivity contribution in [3.8, 4) is 0 Å². The van der Waals surface area contributed by atoms with Gasteiger partial charge in [-0.25, -0.2) is 0 Å². The first kappa shape index (κ1) is 11.0. The molecule has 0 spiro atoms. The van der Waals surface area contributed by atoms with Gasteiger partial charge in [-0.1, -0.05) is 6.92 Å². The molecule has 0 bridgehead atoms. The van der Waals surface area contributed by atoms with Crippen molar-refractivity contribution in [1.82, 2.24) is 10.2 Å². The van der Waals surface area contributed by atoms with E-state index in [1.807, 2.05) is 0 Å². The lowest BCUT2D eigenvalue weighted by Crippen LogP contribution is -2.32. The average molecular weight is 186 g/mol. The van der Waals surface area contributed by atoms with E-state index >= 15 is 0 Å². The van der Waals surface area contributed by atoms with Crippen LogP contribution in [-0.2, 0) is 0 Å². The molecule has 1 heterocycles. The van der Waals surface area contributed by atoms with Crippen molar-refractivity contribution < 1.29 is 5.11 Å². The molecule has 2 N–H and O–H groups in total. The van der Waals surface area contributed by atoms with Crippen LogP contribution < -0.4 is 5.32 Å². The summed E-state index contributed by atoms with van der Waals surface area (Å²) in [5.74, 6) is 0.699. The van der Waals surface area contributed by atoms with Crippen molar-refractivity contribution in [3.63, 3.8) is 0 Å². The predicted octanol–water partition coefficient (Wildman–Crippen LogP) is 0.300. The lowest BCUT2D eigenvalue weighted by Gasteiger charge is -2.20. The lowest BCUT2D eigenvalue weighted by molar-refractivity contribution is 0.265. The van der Waals surface area contributed by atoms with Crippen LogP contribution in [0.1, 0.15) is 19.8 Å². The van der Waals surface area contributed by atoms with Crippen molar-refractivity contribution >= 4 is 0 Å². The van der Waals surface area contributed by atoms with E-state index < -0.39 is 0 Å². The molecule has 0 aliphatic carbocycles. The third-order valence-corrected chi connectivity index (χ3v) is 2.55. The molecule has 1 atom stereocenters. The van der Waals surface area contributed by atoms with Gasteiger partial charge in [0, 0.05) is 13.1 Å². The highest BCUT2D eigenvalue weighted by Crippen LogP contribution is 2.09. The number of rotatable bonds is 6. The van der Waals surface area contributed by atoms with Gasteiger partial charge in [-0.15, -0.1) is 0 Å². The monoisotopic (exact) mass is 186 g/mol. The summed E-state index contributed by atoms with van der Waals surface area (Å²) in [5, 5.41) is 11.8. The topological polar surface area (TPSA) is 35.5 Å². The van der Waals surface area contributed by atoms with Crippen LogP contribution in [-0.4, -0.2) is 49.3 Å². The van der Waals surface area contributed by atoms with Gasteiger partial charge in [-0.2, -0.15) is 0 Å². The number of likely N-dealkylation sites (tertiary alicyclic amines) is 1. The third-order valence-electron chi connectivity index (χ3n) is 2.55. The lowest BCUT2D eigenvalue weighted by atomic mass is 10.1. The molecule has 1 fully saturated rings. The Hall–Kier alpha value is -0.120. The highest BCUT2D eigenvalue weighted by atomic mass is 16.3. The maximum atomic E-state index is 8.59. The van der Waals surface area contributed by atoms with Crippen molar-refractivity contribution in [2.24, 2.45) is 5.92 Å². The van der Waals surface area contributed by atoms with Crippen molar-refractivity contribution in [3.05, 3.63) is 0 Å². The zero-order chi connectivity index (χ0) is 9.52. The van der Waals surface area contributed by atoms with E-state index in [1.54, 1.807) is 0 Å². The Balaban J connectivity index is 1.99. The minimum atomic E-state index is 0.246. The van der Waals surface area contributed by atoms with Crippen LogP contribution in [0.25, 0.3) is 0 Å². The maximum absolute atomic E-state index is 8.59. The minimum absolute atomic E-state index is 0.246. The van der Waals surface area contributed by atoms with E-state index in [0.29, 0.717) is 5.92 Å². The smallest absolute Gasteiger partial charge is 0.0555 e. The highest BCUT2D eigenvalue weighted by Gasteiger charge is 2.13. The molecular weight excluding hydrogens is 164 g/mol. The van der Waals surface area contributed by atoms with Crippen molar-refractivity contribution in [1.29, 1.82) is 0 Å². The number of nitrogens with one attached hydrogen (secondary N) is 1. The summed E-state index contributed by atoms with van der Waals surface area (Å²) in [4.78, 5) is 2.53. The number of nitrogens with zero attached hydrogens (tertiary/aromatic N) is 1. The Morgan fingerprint density at radius 3 is 2.69 bits per heavy atom. The van der Waals surface area contributed by atoms with E-state index in [-0.39, 0.29) is 6.61 Å². The minimum Gasteiger partial charge on any atom is -0.395 e. The Morgan fingerprint density at radius 1 is 1.38 bits per heavy atom. The Morgan fingerprint density at radius 2 is 2.08 bits per heavy atom. The van der Waals surface area contributed by atoms with E-state index in [9.17, 15) is 0 Å². The summed E-state index contributed by atoms with van der Waals surface area (Å²) in [5.41, 5.74) is 0. The first-order valence-corrected chi connectivity index (χ1v) is 5.37. The van der Waals surface area contributed by atoms with Gasteiger partial charge < -0.3 is 15.3 Å². The van der Waals surface area contributed by atoms with Crippen LogP contribution in [0.2, 0.25) is 0 Å². The highest BCUT2D eigenvalue weighted by molar-refractivity contribution is 4.69. The normalized spacial score (nSPS) is 20.8. The van der Waals surface area contributed by atoms with Gasteiger partial charge in [-0.3, -0.25) is 0 Å². The zero-order valence-corrected chi connectivity index (χ0v) is 8.63. The number of aliphatic hydroxyl groups is 1. The summed E-state index contributed by atoms with van der Waals surface area (Å²) >= 11 is 0. The molecule has 0 aromatic heterocycles. The molecule has 1 saturated heterocycles. The van der Waals surface area contributed by atoms with Crippen LogP contribution in [0.5, 0.6) is 0 Å². The summed E-state index contributed by atoms with van der Waals surface area (Å²) in [6.45, 7) is 8.04. The SMILES string of the molecule is CC(CNCCO)CN1CCCC1. The maximum Gasteiger partial charge on any atom is 0.0555 e. The van der Waals surface area contributed by atoms with E-state index in [1.165, 1.54) is 32.5 Å². The summed E-state index contributed by atoms with van der Waals surface area (Å²) in [6, 6.07) is 0. The first-order valence-electron chi connectivity index (χ1n) is 5.37. The second-order valence-corrected chi connectivity index (χ2v) is 4.04. The van der Waals surface area contributed by atoms with E-state index in [0.717, 1.165) is 13.1 Å². The Kier molecular flexibility index (Phi) is 5.35. The Labute approximate surface area is 81.1 Å². The molecular formula is C10H22N2O. The summed E-state index contributed by atoms with van der Waals surface area (Å²) in [6.07, 6.45) is 2.74. The van der Waals surface area contributed by atoms with Crippen LogP contribution >= 0.6 is 0 Å². The van der Waals surface area contributed by atoms with Gasteiger partial charge in [0.1, 0.15) is 0 Å². The van der Waals surface area contributed by atoms with Crippen LogP contribution in [0.4, 0.5) is 0 Å². The number of hydrogen-bond acceptors (Lipinski definition) is 3. The fourth-order valence-electron chi connectivity index (χ4n) is 1.90. The van der Waals surface area contributed by atoms with Gasteiger partial charge in [0.25, 0.3) is 0 Å². The largest absolute Gasteiger partial charge is 0.395 e. The molecule has 78 valence electrons. The molecule has 0 aromatic carbocycles. The average Bonchev–Trinajstić information content (AvgIpc) is 2.57. The second kappa shape index (κ2) is 6.35. The fraction of sp³-hybridized carbons (Fsp3) is 1.00. The molecule has 1 rings (SSSR count). The van der Waals surface area contributed by atoms with Crippen LogP contribution in [0.3, 0.4) is 0 Å². The van der Waals surface area contributed by atoms with Crippen molar-refractivity contribution in [2.75, 3.05) is 39.3 Å².